The number of urea groups is 1. The number of anilines is 1. The third kappa shape index (κ3) is 3.46. The third-order valence-electron chi connectivity index (χ3n) is 3.22. The molecule has 0 spiro atoms. The van der Waals surface area contributed by atoms with Crippen LogP contribution in [0.5, 0.6) is 5.75 Å². The average Bonchev–Trinajstić information content (AvgIpc) is 2.94. The first-order valence-corrected chi connectivity index (χ1v) is 6.61. The van der Waals surface area contributed by atoms with Gasteiger partial charge < -0.3 is 20.1 Å². The van der Waals surface area contributed by atoms with E-state index in [0.29, 0.717) is 11.4 Å². The van der Waals surface area contributed by atoms with Gasteiger partial charge in [-0.1, -0.05) is 6.07 Å². The van der Waals surface area contributed by atoms with Crippen LogP contribution in [0.15, 0.2) is 24.3 Å². The molecule has 1 heterocycles. The van der Waals surface area contributed by atoms with Crippen LogP contribution < -0.4 is 20.3 Å². The van der Waals surface area contributed by atoms with Crippen molar-refractivity contribution >= 4 is 23.6 Å². The Morgan fingerprint density at radius 3 is 2.86 bits per heavy atom. The molecule has 1 atom stereocenters. The summed E-state index contributed by atoms with van der Waals surface area (Å²) in [4.78, 5) is 36.4. The van der Waals surface area contributed by atoms with E-state index in [4.69, 9.17) is 4.74 Å². The number of carbonyl (C=O) groups is 3. The molecule has 3 amide bonds. The van der Waals surface area contributed by atoms with Gasteiger partial charge >= 0.3 is 12.0 Å². The number of nitrogens with one attached hydrogen (secondary N) is 2. The first kappa shape index (κ1) is 15.6. The smallest absolute Gasteiger partial charge is 0.325 e. The van der Waals surface area contributed by atoms with E-state index in [9.17, 15) is 14.4 Å². The fourth-order valence-electron chi connectivity index (χ4n) is 2.04. The van der Waals surface area contributed by atoms with Gasteiger partial charge in [0.2, 0.25) is 5.91 Å². The first-order valence-electron chi connectivity index (χ1n) is 6.61. The van der Waals surface area contributed by atoms with Gasteiger partial charge in [0.05, 0.1) is 20.8 Å². The van der Waals surface area contributed by atoms with Crippen molar-refractivity contribution in [2.24, 2.45) is 0 Å². The molecule has 2 rings (SSSR count). The van der Waals surface area contributed by atoms with Crippen molar-refractivity contribution in [3.63, 3.8) is 0 Å². The molecule has 0 bridgehead atoms. The predicted molar refractivity (Wildman–Crippen MR) is 77.7 cm³/mol. The molecule has 8 nitrogen and oxygen atoms in total. The van der Waals surface area contributed by atoms with Gasteiger partial charge in [0.15, 0.2) is 0 Å². The lowest BCUT2D eigenvalue weighted by Crippen LogP contribution is -2.44. The number of hydrogen-bond acceptors (Lipinski definition) is 5. The van der Waals surface area contributed by atoms with Crippen molar-refractivity contribution in [3.8, 4) is 5.75 Å². The molecule has 1 aromatic rings. The lowest BCUT2D eigenvalue weighted by molar-refractivity contribution is -0.141. The molecule has 1 aliphatic heterocycles. The molecule has 1 fully saturated rings. The summed E-state index contributed by atoms with van der Waals surface area (Å²) in [7, 11) is 2.77. The molecule has 0 aromatic heterocycles. The zero-order chi connectivity index (χ0) is 16.1. The fourth-order valence-corrected chi connectivity index (χ4v) is 2.04. The summed E-state index contributed by atoms with van der Waals surface area (Å²) in [5.74, 6) is -0.379. The minimum atomic E-state index is -0.733. The number of hydrogen-bond donors (Lipinski definition) is 2. The number of amides is 3. The molecule has 1 unspecified atom stereocenters. The molecule has 8 heteroatoms. The van der Waals surface area contributed by atoms with Gasteiger partial charge in [-0.3, -0.25) is 14.5 Å². The standard InChI is InChI=1S/C14H17N3O5/c1-21-10-5-3-4-9(6-10)17-8-11(16-14(17)20)13(19)15-7-12(18)22-2/h3-6,11H,7-8H2,1-2H3,(H,15,19)(H,16,20). The molecule has 1 aromatic carbocycles. The molecular formula is C14H17N3O5. The molecule has 0 saturated carbocycles. The second kappa shape index (κ2) is 6.79. The van der Waals surface area contributed by atoms with Crippen LogP contribution in [-0.4, -0.2) is 51.3 Å². The number of rotatable bonds is 5. The molecule has 1 saturated heterocycles. The second-order valence-electron chi connectivity index (χ2n) is 4.61. The Hall–Kier alpha value is -2.77. The van der Waals surface area contributed by atoms with Crippen LogP contribution in [0.2, 0.25) is 0 Å². The predicted octanol–water partition coefficient (Wildman–Crippen LogP) is -0.117. The Bertz CT molecular complexity index is 590. The Kier molecular flexibility index (Phi) is 4.82. The zero-order valence-corrected chi connectivity index (χ0v) is 12.3. The lowest BCUT2D eigenvalue weighted by Gasteiger charge is -2.15. The summed E-state index contributed by atoms with van der Waals surface area (Å²) >= 11 is 0. The molecule has 0 radical (unpaired) electrons. The summed E-state index contributed by atoms with van der Waals surface area (Å²) < 4.78 is 9.55. The first-order chi connectivity index (χ1) is 10.5. The van der Waals surface area contributed by atoms with Crippen LogP contribution in [0, 0.1) is 0 Å². The van der Waals surface area contributed by atoms with Crippen LogP contribution in [0.4, 0.5) is 10.5 Å². The van der Waals surface area contributed by atoms with E-state index in [0.717, 1.165) is 0 Å². The van der Waals surface area contributed by atoms with Crippen LogP contribution >= 0.6 is 0 Å². The van der Waals surface area contributed by atoms with E-state index in [-0.39, 0.29) is 19.1 Å². The van der Waals surface area contributed by atoms with E-state index < -0.39 is 17.9 Å². The van der Waals surface area contributed by atoms with Gasteiger partial charge in [0.1, 0.15) is 18.3 Å². The van der Waals surface area contributed by atoms with Crippen molar-refractivity contribution in [2.45, 2.75) is 6.04 Å². The van der Waals surface area contributed by atoms with E-state index >= 15 is 0 Å². The molecule has 118 valence electrons. The number of ether oxygens (including phenoxy) is 2. The third-order valence-corrected chi connectivity index (χ3v) is 3.22. The second-order valence-corrected chi connectivity index (χ2v) is 4.61. The zero-order valence-electron chi connectivity index (χ0n) is 12.3. The maximum Gasteiger partial charge on any atom is 0.325 e. The highest BCUT2D eigenvalue weighted by Gasteiger charge is 2.34. The number of methoxy groups -OCH3 is 2. The highest BCUT2D eigenvalue weighted by Crippen LogP contribution is 2.23. The topological polar surface area (TPSA) is 97.0 Å². The van der Waals surface area contributed by atoms with Crippen molar-refractivity contribution < 1.29 is 23.9 Å². The van der Waals surface area contributed by atoms with Gasteiger partial charge in [-0.15, -0.1) is 0 Å². The Morgan fingerprint density at radius 1 is 1.41 bits per heavy atom. The average molecular weight is 307 g/mol. The van der Waals surface area contributed by atoms with Crippen molar-refractivity contribution in [1.82, 2.24) is 10.6 Å². The fraction of sp³-hybridized carbons (Fsp3) is 0.357. The van der Waals surface area contributed by atoms with Crippen molar-refractivity contribution in [1.29, 1.82) is 0 Å². The number of benzene rings is 1. The van der Waals surface area contributed by atoms with Crippen molar-refractivity contribution in [3.05, 3.63) is 24.3 Å². The minimum absolute atomic E-state index is 0.166. The van der Waals surface area contributed by atoms with Crippen LogP contribution in [-0.2, 0) is 14.3 Å². The summed E-state index contributed by atoms with van der Waals surface area (Å²) in [6.45, 7) is -0.0696. The Balaban J connectivity index is 2.01. The van der Waals surface area contributed by atoms with E-state index in [2.05, 4.69) is 15.4 Å². The lowest BCUT2D eigenvalue weighted by atomic mass is 10.2. The van der Waals surface area contributed by atoms with Gasteiger partial charge in [-0.05, 0) is 12.1 Å². The van der Waals surface area contributed by atoms with Gasteiger partial charge in [-0.2, -0.15) is 0 Å². The monoisotopic (exact) mass is 307 g/mol. The van der Waals surface area contributed by atoms with Gasteiger partial charge in [0.25, 0.3) is 0 Å². The highest BCUT2D eigenvalue weighted by molar-refractivity contribution is 6.00. The number of nitrogens with zero attached hydrogens (tertiary/aromatic N) is 1. The van der Waals surface area contributed by atoms with Crippen LogP contribution in [0.1, 0.15) is 0 Å². The van der Waals surface area contributed by atoms with Gasteiger partial charge in [0, 0.05) is 11.8 Å². The maximum absolute atomic E-state index is 12.0. The van der Waals surface area contributed by atoms with E-state index in [1.807, 2.05) is 0 Å². The summed E-state index contributed by atoms with van der Waals surface area (Å²) in [5.41, 5.74) is 0.625. The molecule has 1 aliphatic rings. The van der Waals surface area contributed by atoms with Gasteiger partial charge in [-0.25, -0.2) is 4.79 Å². The maximum atomic E-state index is 12.0. The molecule has 2 N–H and O–H groups in total. The van der Waals surface area contributed by atoms with E-state index in [1.165, 1.54) is 19.1 Å². The Labute approximate surface area is 127 Å². The van der Waals surface area contributed by atoms with Crippen LogP contribution in [0.25, 0.3) is 0 Å². The van der Waals surface area contributed by atoms with Crippen LogP contribution in [0.3, 0.4) is 0 Å². The molecule has 0 aliphatic carbocycles. The SMILES string of the molecule is COC(=O)CNC(=O)C1CN(c2cccc(OC)c2)C(=O)N1. The number of carbonyl (C=O) groups excluding carboxylic acids is 3. The summed E-state index contributed by atoms with van der Waals surface area (Å²) in [6.07, 6.45) is 0. The number of esters is 1. The quantitative estimate of drug-likeness (QED) is 0.739. The summed E-state index contributed by atoms with van der Waals surface area (Å²) in [6, 6.07) is 5.85. The van der Waals surface area contributed by atoms with Crippen molar-refractivity contribution in [2.75, 3.05) is 32.2 Å². The highest BCUT2D eigenvalue weighted by atomic mass is 16.5. The Morgan fingerprint density at radius 2 is 2.18 bits per heavy atom. The molecule has 22 heavy (non-hydrogen) atoms. The molecular weight excluding hydrogens is 290 g/mol. The minimum Gasteiger partial charge on any atom is -0.497 e. The summed E-state index contributed by atoms with van der Waals surface area (Å²) in [5, 5.41) is 4.97. The largest absolute Gasteiger partial charge is 0.497 e. The normalized spacial score (nSPS) is 16.9. The van der Waals surface area contributed by atoms with E-state index in [1.54, 1.807) is 24.3 Å².